The molecule has 2 N–H and O–H groups in total. The molecule has 0 aromatic heterocycles. The maximum absolute atomic E-state index is 12.4. The third kappa shape index (κ3) is 10.5. The number of alkyl halides is 5. The van der Waals surface area contributed by atoms with Crippen molar-refractivity contribution in [3.05, 3.63) is 28.8 Å². The first-order valence-corrected chi connectivity index (χ1v) is 7.41. The van der Waals surface area contributed by atoms with Crippen LogP contribution in [0.15, 0.2) is 23.2 Å². The van der Waals surface area contributed by atoms with Gasteiger partial charge in [-0.2, -0.15) is 22.0 Å². The Morgan fingerprint density at radius 3 is 2.52 bits per heavy atom. The van der Waals surface area contributed by atoms with Gasteiger partial charge in [0.25, 0.3) is 0 Å². The fraction of sp³-hybridized carbons (Fsp3) is 0.500. The van der Waals surface area contributed by atoms with E-state index in [9.17, 15) is 22.0 Å². The van der Waals surface area contributed by atoms with Crippen LogP contribution in [0.2, 0.25) is 5.02 Å². The van der Waals surface area contributed by atoms with Crippen LogP contribution in [-0.4, -0.2) is 31.8 Å². The fourth-order valence-corrected chi connectivity index (χ4v) is 1.91. The van der Waals surface area contributed by atoms with Crippen LogP contribution in [0.3, 0.4) is 0 Å². The Balaban J connectivity index is 0.00000576. The lowest BCUT2D eigenvalue weighted by Gasteiger charge is -2.13. The molecule has 0 aliphatic heterocycles. The van der Waals surface area contributed by atoms with E-state index in [1.165, 1.54) is 18.2 Å². The Morgan fingerprint density at radius 1 is 1.28 bits per heavy atom. The summed E-state index contributed by atoms with van der Waals surface area (Å²) in [4.78, 5) is 4.06. The summed E-state index contributed by atoms with van der Waals surface area (Å²) in [6.45, 7) is -1.29. The van der Waals surface area contributed by atoms with E-state index in [1.54, 1.807) is 6.92 Å². The lowest BCUT2D eigenvalue weighted by molar-refractivity contribution is -0.132. The zero-order valence-electron chi connectivity index (χ0n) is 13.2. The highest BCUT2D eigenvalue weighted by molar-refractivity contribution is 14.0. The van der Waals surface area contributed by atoms with Crippen LogP contribution >= 0.6 is 35.6 Å². The third-order valence-electron chi connectivity index (χ3n) is 2.69. The number of guanidine groups is 1. The van der Waals surface area contributed by atoms with Gasteiger partial charge in [0.1, 0.15) is 5.75 Å². The van der Waals surface area contributed by atoms with Gasteiger partial charge in [0, 0.05) is 23.7 Å². The van der Waals surface area contributed by atoms with Crippen LogP contribution in [0, 0.1) is 0 Å². The lowest BCUT2D eigenvalue weighted by Crippen LogP contribution is -2.38. The van der Waals surface area contributed by atoms with E-state index in [1.807, 2.05) is 0 Å². The summed E-state index contributed by atoms with van der Waals surface area (Å²) in [5.74, 6) is 0.0361. The largest absolute Gasteiger partial charge is 0.434 e. The van der Waals surface area contributed by atoms with Crippen LogP contribution in [0.25, 0.3) is 0 Å². The van der Waals surface area contributed by atoms with Crippen molar-refractivity contribution in [3.8, 4) is 5.75 Å². The zero-order chi connectivity index (χ0) is 18.2. The van der Waals surface area contributed by atoms with Crippen molar-refractivity contribution in [2.45, 2.75) is 32.7 Å². The first-order chi connectivity index (χ1) is 11.2. The van der Waals surface area contributed by atoms with E-state index in [0.29, 0.717) is 11.6 Å². The standard InChI is InChI=1S/C14H17ClF5N3O.HI/c1-2-21-13(22-6-5-14(18,19)20)23-8-9-7-10(15)3-4-11(9)24-12(16)17;/h3-4,7,12H,2,5-6,8H2,1H3,(H2,21,22,23);1H. The highest BCUT2D eigenvalue weighted by Crippen LogP contribution is 2.25. The topological polar surface area (TPSA) is 45.7 Å². The molecule has 0 heterocycles. The fourth-order valence-electron chi connectivity index (χ4n) is 1.71. The van der Waals surface area contributed by atoms with Crippen LogP contribution < -0.4 is 15.4 Å². The number of ether oxygens (including phenoxy) is 1. The highest BCUT2D eigenvalue weighted by Gasteiger charge is 2.26. The number of nitrogens with zero attached hydrogens (tertiary/aromatic N) is 1. The molecule has 0 spiro atoms. The third-order valence-corrected chi connectivity index (χ3v) is 2.93. The molecule has 25 heavy (non-hydrogen) atoms. The summed E-state index contributed by atoms with van der Waals surface area (Å²) >= 11 is 5.82. The van der Waals surface area contributed by atoms with Gasteiger partial charge in [-0.15, -0.1) is 24.0 Å². The molecule has 0 unspecified atom stereocenters. The van der Waals surface area contributed by atoms with Crippen molar-refractivity contribution in [1.82, 2.24) is 10.6 Å². The molecule has 0 aliphatic rings. The average Bonchev–Trinajstić information content (AvgIpc) is 2.45. The van der Waals surface area contributed by atoms with Gasteiger partial charge >= 0.3 is 12.8 Å². The van der Waals surface area contributed by atoms with E-state index in [-0.39, 0.29) is 54.3 Å². The molecule has 4 nitrogen and oxygen atoms in total. The Hall–Kier alpha value is -1.04. The quantitative estimate of drug-likeness (QED) is 0.249. The monoisotopic (exact) mass is 501 g/mol. The van der Waals surface area contributed by atoms with Crippen molar-refractivity contribution in [3.63, 3.8) is 0 Å². The number of aliphatic imine (C=N–C) groups is 1. The molecule has 144 valence electrons. The second kappa shape index (κ2) is 11.6. The molecule has 0 saturated heterocycles. The van der Waals surface area contributed by atoms with Crippen LogP contribution in [0.1, 0.15) is 18.9 Å². The normalized spacial score (nSPS) is 11.9. The van der Waals surface area contributed by atoms with Gasteiger partial charge in [0.2, 0.25) is 0 Å². The molecule has 1 rings (SSSR count). The molecular weight excluding hydrogens is 484 g/mol. The predicted octanol–water partition coefficient (Wildman–Crippen LogP) is 4.57. The van der Waals surface area contributed by atoms with Crippen LogP contribution in [0.5, 0.6) is 5.75 Å². The van der Waals surface area contributed by atoms with Crippen LogP contribution in [0.4, 0.5) is 22.0 Å². The first kappa shape index (κ1) is 24.0. The summed E-state index contributed by atoms with van der Waals surface area (Å²) in [6, 6.07) is 4.07. The van der Waals surface area contributed by atoms with E-state index in [2.05, 4.69) is 20.4 Å². The van der Waals surface area contributed by atoms with E-state index >= 15 is 0 Å². The molecule has 0 radical (unpaired) electrons. The predicted molar refractivity (Wildman–Crippen MR) is 97.0 cm³/mol. The molecule has 1 aromatic rings. The summed E-state index contributed by atoms with van der Waals surface area (Å²) in [6.07, 6.45) is -5.30. The summed E-state index contributed by atoms with van der Waals surface area (Å²) < 4.78 is 65.6. The van der Waals surface area contributed by atoms with Crippen molar-refractivity contribution >= 4 is 41.5 Å². The van der Waals surface area contributed by atoms with Gasteiger partial charge in [-0.3, -0.25) is 0 Å². The molecule has 11 heteroatoms. The summed E-state index contributed by atoms with van der Waals surface area (Å²) in [7, 11) is 0. The summed E-state index contributed by atoms with van der Waals surface area (Å²) in [5, 5.41) is 5.59. The van der Waals surface area contributed by atoms with Gasteiger partial charge in [-0.1, -0.05) is 11.6 Å². The van der Waals surface area contributed by atoms with Crippen molar-refractivity contribution in [2.24, 2.45) is 4.99 Å². The minimum absolute atomic E-state index is 0. The summed E-state index contributed by atoms with van der Waals surface area (Å²) in [5.41, 5.74) is 0.288. The number of hydrogen-bond acceptors (Lipinski definition) is 2. The van der Waals surface area contributed by atoms with E-state index in [0.717, 1.165) is 0 Å². The number of nitrogens with one attached hydrogen (secondary N) is 2. The van der Waals surface area contributed by atoms with Gasteiger partial charge < -0.3 is 15.4 Å². The number of halogens is 7. The second-order valence-corrected chi connectivity index (χ2v) is 5.05. The number of benzene rings is 1. The van der Waals surface area contributed by atoms with E-state index in [4.69, 9.17) is 11.6 Å². The molecule has 0 bridgehead atoms. The Bertz CT molecular complexity index is 558. The van der Waals surface area contributed by atoms with Crippen LogP contribution in [-0.2, 0) is 6.54 Å². The van der Waals surface area contributed by atoms with Gasteiger partial charge in [0.15, 0.2) is 5.96 Å². The van der Waals surface area contributed by atoms with Gasteiger partial charge in [-0.05, 0) is 25.1 Å². The molecule has 0 saturated carbocycles. The lowest BCUT2D eigenvalue weighted by atomic mass is 10.2. The van der Waals surface area contributed by atoms with Crippen molar-refractivity contribution in [1.29, 1.82) is 0 Å². The maximum Gasteiger partial charge on any atom is 0.390 e. The Labute approximate surface area is 164 Å². The average molecular weight is 502 g/mol. The minimum atomic E-state index is -4.28. The van der Waals surface area contributed by atoms with E-state index < -0.39 is 19.2 Å². The van der Waals surface area contributed by atoms with Gasteiger partial charge in [-0.25, -0.2) is 4.99 Å². The van der Waals surface area contributed by atoms with Gasteiger partial charge in [0.05, 0.1) is 13.0 Å². The Kier molecular flexibility index (Phi) is 11.1. The molecular formula is C14H18ClF5IN3O. The number of rotatable bonds is 7. The SMILES string of the molecule is CCNC(=NCc1cc(Cl)ccc1OC(F)F)NCCC(F)(F)F.I. The Morgan fingerprint density at radius 2 is 1.96 bits per heavy atom. The maximum atomic E-state index is 12.4. The molecule has 0 fully saturated rings. The highest BCUT2D eigenvalue weighted by atomic mass is 127. The molecule has 1 aromatic carbocycles. The zero-order valence-corrected chi connectivity index (χ0v) is 16.3. The first-order valence-electron chi connectivity index (χ1n) is 7.03. The minimum Gasteiger partial charge on any atom is -0.434 e. The molecule has 0 amide bonds. The van der Waals surface area contributed by atoms with Crippen molar-refractivity contribution in [2.75, 3.05) is 13.1 Å². The number of hydrogen-bond donors (Lipinski definition) is 2. The molecule has 0 atom stereocenters. The van der Waals surface area contributed by atoms with Crippen molar-refractivity contribution < 1.29 is 26.7 Å². The second-order valence-electron chi connectivity index (χ2n) is 4.62. The smallest absolute Gasteiger partial charge is 0.390 e. The molecule has 0 aliphatic carbocycles.